The minimum Gasteiger partial charge on any atom is -0.465 e. The molecule has 0 unspecified atom stereocenters. The molecule has 0 spiro atoms. The van der Waals surface area contributed by atoms with Gasteiger partial charge in [0.2, 0.25) is 5.91 Å². The second-order valence-electron chi connectivity index (χ2n) is 5.46. The number of nitrogens with one attached hydrogen (secondary N) is 1. The molecular formula is C21H17NO3. The second-order valence-corrected chi connectivity index (χ2v) is 5.46. The van der Waals surface area contributed by atoms with Crippen molar-refractivity contribution in [3.05, 3.63) is 83.9 Å². The van der Waals surface area contributed by atoms with Crippen LogP contribution in [0.25, 0.3) is 16.8 Å². The van der Waals surface area contributed by atoms with Crippen molar-refractivity contribution in [2.45, 2.75) is 0 Å². The summed E-state index contributed by atoms with van der Waals surface area (Å²) in [5.74, 6) is -0.599. The summed E-state index contributed by atoms with van der Waals surface area (Å²) < 4.78 is 4.65. The van der Waals surface area contributed by atoms with Crippen LogP contribution in [0, 0.1) is 0 Å². The number of ether oxygens (including phenoxy) is 1. The van der Waals surface area contributed by atoms with Gasteiger partial charge in [0.15, 0.2) is 0 Å². The van der Waals surface area contributed by atoms with E-state index in [0.29, 0.717) is 5.56 Å². The van der Waals surface area contributed by atoms with Crippen LogP contribution in [-0.2, 0) is 9.53 Å². The molecule has 1 amide bonds. The predicted octanol–water partition coefficient (Wildman–Crippen LogP) is 4.28. The summed E-state index contributed by atoms with van der Waals surface area (Å²) in [6.07, 6.45) is 3.16. The van der Waals surface area contributed by atoms with Crippen LogP contribution in [-0.4, -0.2) is 19.0 Å². The molecule has 0 aliphatic carbocycles. The molecule has 25 heavy (non-hydrogen) atoms. The van der Waals surface area contributed by atoms with E-state index in [1.165, 1.54) is 13.2 Å². The van der Waals surface area contributed by atoms with E-state index >= 15 is 0 Å². The first-order valence-corrected chi connectivity index (χ1v) is 7.82. The van der Waals surface area contributed by atoms with E-state index in [1.807, 2.05) is 42.5 Å². The zero-order chi connectivity index (χ0) is 17.6. The van der Waals surface area contributed by atoms with Gasteiger partial charge in [-0.1, -0.05) is 48.5 Å². The number of esters is 1. The number of anilines is 1. The third-order valence-corrected chi connectivity index (χ3v) is 3.81. The number of amides is 1. The third-order valence-electron chi connectivity index (χ3n) is 3.81. The number of carbonyl (C=O) groups excluding carboxylic acids is 2. The maximum atomic E-state index is 12.2. The van der Waals surface area contributed by atoms with Crippen LogP contribution in [0.1, 0.15) is 15.9 Å². The van der Waals surface area contributed by atoms with Gasteiger partial charge < -0.3 is 10.1 Å². The van der Waals surface area contributed by atoms with Crippen molar-refractivity contribution in [1.82, 2.24) is 0 Å². The smallest absolute Gasteiger partial charge is 0.337 e. The third kappa shape index (κ3) is 3.93. The average Bonchev–Trinajstić information content (AvgIpc) is 2.66. The molecule has 3 rings (SSSR count). The molecule has 0 saturated heterocycles. The lowest BCUT2D eigenvalue weighted by molar-refractivity contribution is -0.111. The molecule has 1 N–H and O–H groups in total. The van der Waals surface area contributed by atoms with Gasteiger partial charge in [0.05, 0.1) is 12.7 Å². The van der Waals surface area contributed by atoms with Gasteiger partial charge >= 0.3 is 5.97 Å². The van der Waals surface area contributed by atoms with E-state index in [-0.39, 0.29) is 11.9 Å². The Kier molecular flexibility index (Phi) is 4.90. The molecule has 0 bridgehead atoms. The molecule has 124 valence electrons. The molecule has 0 saturated carbocycles. The van der Waals surface area contributed by atoms with Crippen LogP contribution < -0.4 is 5.32 Å². The lowest BCUT2D eigenvalue weighted by Gasteiger charge is -2.06. The number of fused-ring (bicyclic) bond motifs is 1. The standard InChI is InChI=1S/C21H17NO3/c1-25-21(24)17-12-9-15(10-13-17)11-14-20(23)22-19-8-4-6-16-5-2-3-7-18(16)19/h2-14H,1H3,(H,22,23). The first-order valence-electron chi connectivity index (χ1n) is 7.82. The highest BCUT2D eigenvalue weighted by molar-refractivity contribution is 6.07. The highest BCUT2D eigenvalue weighted by atomic mass is 16.5. The van der Waals surface area contributed by atoms with E-state index < -0.39 is 0 Å². The number of benzene rings is 3. The summed E-state index contributed by atoms with van der Waals surface area (Å²) in [5, 5.41) is 4.96. The van der Waals surface area contributed by atoms with Gasteiger partial charge in [-0.05, 0) is 35.2 Å². The Labute approximate surface area is 145 Å². The number of hydrogen-bond acceptors (Lipinski definition) is 3. The number of carbonyl (C=O) groups is 2. The van der Waals surface area contributed by atoms with E-state index in [0.717, 1.165) is 22.0 Å². The van der Waals surface area contributed by atoms with Crippen LogP contribution in [0.3, 0.4) is 0 Å². The number of rotatable bonds is 4. The summed E-state index contributed by atoms with van der Waals surface area (Å²) in [5.41, 5.74) is 2.06. The van der Waals surface area contributed by atoms with Crippen LogP contribution in [0.4, 0.5) is 5.69 Å². The molecule has 4 heteroatoms. The Morgan fingerprint density at radius 2 is 1.64 bits per heavy atom. The van der Waals surface area contributed by atoms with Gasteiger partial charge in [-0.25, -0.2) is 4.79 Å². The summed E-state index contributed by atoms with van der Waals surface area (Å²) in [6.45, 7) is 0. The molecule has 3 aromatic carbocycles. The highest BCUT2D eigenvalue weighted by Crippen LogP contribution is 2.22. The monoisotopic (exact) mass is 331 g/mol. The molecule has 3 aromatic rings. The van der Waals surface area contributed by atoms with E-state index in [1.54, 1.807) is 30.3 Å². The predicted molar refractivity (Wildman–Crippen MR) is 99.4 cm³/mol. The summed E-state index contributed by atoms with van der Waals surface area (Å²) in [4.78, 5) is 23.6. The SMILES string of the molecule is COC(=O)c1ccc(C=CC(=O)Nc2cccc3ccccc23)cc1. The topological polar surface area (TPSA) is 55.4 Å². The summed E-state index contributed by atoms with van der Waals surface area (Å²) >= 11 is 0. The molecule has 0 fully saturated rings. The molecule has 4 nitrogen and oxygen atoms in total. The fourth-order valence-electron chi connectivity index (χ4n) is 2.53. The maximum Gasteiger partial charge on any atom is 0.337 e. The zero-order valence-corrected chi connectivity index (χ0v) is 13.7. The van der Waals surface area contributed by atoms with Crippen molar-refractivity contribution in [3.8, 4) is 0 Å². The fourth-order valence-corrected chi connectivity index (χ4v) is 2.53. The molecule has 0 aliphatic heterocycles. The van der Waals surface area contributed by atoms with Crippen LogP contribution in [0.15, 0.2) is 72.8 Å². The van der Waals surface area contributed by atoms with Crippen molar-refractivity contribution in [3.63, 3.8) is 0 Å². The molecular weight excluding hydrogens is 314 g/mol. The van der Waals surface area contributed by atoms with Gasteiger partial charge in [-0.2, -0.15) is 0 Å². The van der Waals surface area contributed by atoms with Gasteiger partial charge in [-0.15, -0.1) is 0 Å². The molecule has 0 heterocycles. The number of methoxy groups -OCH3 is 1. The van der Waals surface area contributed by atoms with Gasteiger partial charge in [-0.3, -0.25) is 4.79 Å². The lowest BCUT2D eigenvalue weighted by Crippen LogP contribution is -2.08. The van der Waals surface area contributed by atoms with E-state index in [4.69, 9.17) is 0 Å². The molecule has 0 atom stereocenters. The Morgan fingerprint density at radius 3 is 2.40 bits per heavy atom. The molecule has 0 radical (unpaired) electrons. The number of hydrogen-bond donors (Lipinski definition) is 1. The molecule has 0 aliphatic rings. The summed E-state index contributed by atoms with van der Waals surface area (Å²) in [6, 6.07) is 20.5. The quantitative estimate of drug-likeness (QED) is 0.573. The van der Waals surface area contributed by atoms with Crippen molar-refractivity contribution in [2.75, 3.05) is 12.4 Å². The fraction of sp³-hybridized carbons (Fsp3) is 0.0476. The van der Waals surface area contributed by atoms with Crippen molar-refractivity contribution in [1.29, 1.82) is 0 Å². The van der Waals surface area contributed by atoms with Gasteiger partial charge in [0.25, 0.3) is 0 Å². The Bertz CT molecular complexity index is 938. The Balaban J connectivity index is 1.71. The van der Waals surface area contributed by atoms with Crippen molar-refractivity contribution in [2.24, 2.45) is 0 Å². The zero-order valence-electron chi connectivity index (χ0n) is 13.7. The summed E-state index contributed by atoms with van der Waals surface area (Å²) in [7, 11) is 1.34. The normalized spacial score (nSPS) is 10.8. The maximum absolute atomic E-state index is 12.2. The minimum atomic E-state index is -0.385. The van der Waals surface area contributed by atoms with E-state index in [9.17, 15) is 9.59 Å². The first kappa shape index (κ1) is 16.5. The Morgan fingerprint density at radius 1 is 0.920 bits per heavy atom. The Hall–Kier alpha value is -3.40. The highest BCUT2D eigenvalue weighted by Gasteiger charge is 2.04. The first-order chi connectivity index (χ1) is 12.2. The van der Waals surface area contributed by atoms with Crippen LogP contribution in [0.5, 0.6) is 0 Å². The second kappa shape index (κ2) is 7.45. The molecule has 0 aromatic heterocycles. The van der Waals surface area contributed by atoms with Crippen LogP contribution in [0.2, 0.25) is 0 Å². The van der Waals surface area contributed by atoms with E-state index in [2.05, 4.69) is 10.1 Å². The van der Waals surface area contributed by atoms with Crippen molar-refractivity contribution >= 4 is 34.4 Å². The van der Waals surface area contributed by atoms with Crippen molar-refractivity contribution < 1.29 is 14.3 Å². The lowest BCUT2D eigenvalue weighted by atomic mass is 10.1. The van der Waals surface area contributed by atoms with Gasteiger partial charge in [0.1, 0.15) is 0 Å². The van der Waals surface area contributed by atoms with Gasteiger partial charge in [0, 0.05) is 17.1 Å². The largest absolute Gasteiger partial charge is 0.465 e. The minimum absolute atomic E-state index is 0.214. The average molecular weight is 331 g/mol. The van der Waals surface area contributed by atoms with Crippen LogP contribution >= 0.6 is 0 Å².